The van der Waals surface area contributed by atoms with E-state index in [1.165, 1.54) is 17.0 Å². The number of fused-ring (bicyclic) bond motifs is 1. The number of carbonyl (C=O) groups is 1. The second-order valence-corrected chi connectivity index (χ2v) is 12.6. The number of non-ortho nitro benzene ring substituents is 1. The summed E-state index contributed by atoms with van der Waals surface area (Å²) in [4.78, 5) is 30.1. The second-order valence-electron chi connectivity index (χ2n) is 10.7. The van der Waals surface area contributed by atoms with Gasteiger partial charge in [-0.1, -0.05) is 39.0 Å². The van der Waals surface area contributed by atoms with Gasteiger partial charge in [-0.05, 0) is 82.4 Å². The number of amides is 1. The summed E-state index contributed by atoms with van der Waals surface area (Å²) in [6, 6.07) is 17.6. The third-order valence-electron chi connectivity index (χ3n) is 7.09. The molecule has 1 aliphatic rings. The summed E-state index contributed by atoms with van der Waals surface area (Å²) >= 11 is 4.98. The molecule has 2 aromatic heterocycles. The van der Waals surface area contributed by atoms with Crippen molar-refractivity contribution in [2.45, 2.75) is 40.0 Å². The highest BCUT2D eigenvalue weighted by molar-refractivity contribution is 9.10. The molecule has 4 aromatic rings. The fraction of sp³-hybridized carbons (Fsp3) is 0.267. The van der Waals surface area contributed by atoms with Crippen LogP contribution in [0.5, 0.6) is 0 Å². The molecular formula is C30H28BrN3O4S. The predicted octanol–water partition coefficient (Wildman–Crippen LogP) is 8.83. The van der Waals surface area contributed by atoms with E-state index in [2.05, 4.69) is 42.0 Å². The molecule has 0 bridgehead atoms. The number of halogens is 1. The van der Waals surface area contributed by atoms with Crippen LogP contribution in [-0.2, 0) is 12.8 Å². The maximum Gasteiger partial charge on any atom is 0.270 e. The summed E-state index contributed by atoms with van der Waals surface area (Å²) in [6.07, 6.45) is 4.44. The van der Waals surface area contributed by atoms with Gasteiger partial charge in [0.05, 0.1) is 16.7 Å². The van der Waals surface area contributed by atoms with Gasteiger partial charge in [0, 0.05) is 32.7 Å². The molecule has 39 heavy (non-hydrogen) atoms. The molecule has 1 amide bonds. The number of rotatable bonds is 6. The van der Waals surface area contributed by atoms with Crippen molar-refractivity contribution in [1.82, 2.24) is 0 Å². The Morgan fingerprint density at radius 1 is 1.18 bits per heavy atom. The van der Waals surface area contributed by atoms with E-state index in [4.69, 9.17) is 9.41 Å². The molecule has 0 unspecified atom stereocenters. The highest BCUT2D eigenvalue weighted by Gasteiger charge is 2.33. The van der Waals surface area contributed by atoms with E-state index in [0.29, 0.717) is 38.0 Å². The van der Waals surface area contributed by atoms with E-state index in [9.17, 15) is 14.9 Å². The molecule has 1 aliphatic carbocycles. The third kappa shape index (κ3) is 5.89. The molecule has 2 heterocycles. The number of nitrogens with zero attached hydrogens (tertiary/aromatic N) is 2. The molecule has 0 saturated carbocycles. The van der Waals surface area contributed by atoms with Gasteiger partial charge in [-0.15, -0.1) is 11.3 Å². The zero-order valence-corrected chi connectivity index (χ0v) is 24.3. The summed E-state index contributed by atoms with van der Waals surface area (Å²) in [5, 5.41) is 14.8. The zero-order valence-electron chi connectivity index (χ0n) is 21.9. The van der Waals surface area contributed by atoms with Crippen LogP contribution in [0.15, 0.2) is 74.5 Å². The van der Waals surface area contributed by atoms with Gasteiger partial charge in [0.25, 0.3) is 11.6 Å². The number of thiophene rings is 1. The molecule has 200 valence electrons. The van der Waals surface area contributed by atoms with E-state index < -0.39 is 4.92 Å². The standard InChI is InChI=1S/C30H28BrN3O4S/c1-30(2,3)18-9-12-23-26(15-18)39-29(27(23)28(35)33-19-7-5-4-6-8-19)32-17-21-11-14-25(38-21)22-13-10-20(34(36)37)16-24(22)31/h4-8,10-11,13-14,16-18H,9,12,15H2,1-3H3,(H,33,35)/t18-/m0/s1. The number of nitro benzene ring substituents is 1. The topological polar surface area (TPSA) is 97.7 Å². The lowest BCUT2D eigenvalue weighted by molar-refractivity contribution is -0.384. The minimum absolute atomic E-state index is 0.00404. The van der Waals surface area contributed by atoms with E-state index in [1.54, 1.807) is 35.8 Å². The van der Waals surface area contributed by atoms with Crippen molar-refractivity contribution in [3.8, 4) is 11.3 Å². The van der Waals surface area contributed by atoms with Crippen molar-refractivity contribution in [2.75, 3.05) is 5.32 Å². The Kier molecular flexibility index (Phi) is 7.55. The summed E-state index contributed by atoms with van der Waals surface area (Å²) < 4.78 is 6.55. The first-order valence-corrected chi connectivity index (χ1v) is 14.3. The third-order valence-corrected chi connectivity index (χ3v) is 8.91. The monoisotopic (exact) mass is 605 g/mol. The van der Waals surface area contributed by atoms with Gasteiger partial charge in [0.1, 0.15) is 16.5 Å². The Balaban J connectivity index is 1.46. The average Bonchev–Trinajstić information content (AvgIpc) is 3.51. The van der Waals surface area contributed by atoms with Crippen LogP contribution in [0, 0.1) is 21.4 Å². The van der Waals surface area contributed by atoms with Gasteiger partial charge >= 0.3 is 0 Å². The van der Waals surface area contributed by atoms with Crippen LogP contribution in [0.25, 0.3) is 11.3 Å². The number of anilines is 1. The van der Waals surface area contributed by atoms with Gasteiger partial charge in [-0.2, -0.15) is 0 Å². The normalized spacial score (nSPS) is 15.3. The number of carbonyl (C=O) groups excluding carboxylic acids is 1. The highest BCUT2D eigenvalue weighted by atomic mass is 79.9. The quantitative estimate of drug-likeness (QED) is 0.135. The molecule has 2 aromatic carbocycles. The maximum absolute atomic E-state index is 13.5. The summed E-state index contributed by atoms with van der Waals surface area (Å²) in [5.41, 5.74) is 3.35. The first-order chi connectivity index (χ1) is 18.6. The van der Waals surface area contributed by atoms with Gasteiger partial charge in [-0.3, -0.25) is 14.9 Å². The summed E-state index contributed by atoms with van der Waals surface area (Å²) in [7, 11) is 0. The van der Waals surface area contributed by atoms with E-state index >= 15 is 0 Å². The van der Waals surface area contributed by atoms with Crippen molar-refractivity contribution in [2.24, 2.45) is 16.3 Å². The maximum atomic E-state index is 13.5. The Labute approximate surface area is 239 Å². The SMILES string of the molecule is CC(C)(C)[C@H]1CCc2c(sc(N=Cc3ccc(-c4ccc([N+](=O)[O-])cc4Br)o3)c2C(=O)Nc2ccccc2)C1. The molecular weight excluding hydrogens is 578 g/mol. The fourth-order valence-corrected chi connectivity index (χ4v) is 6.69. The van der Waals surface area contributed by atoms with Crippen LogP contribution < -0.4 is 5.32 Å². The summed E-state index contributed by atoms with van der Waals surface area (Å²) in [6.45, 7) is 6.82. The number of nitrogens with one attached hydrogen (secondary N) is 1. The lowest BCUT2D eigenvalue weighted by atomic mass is 9.72. The predicted molar refractivity (Wildman–Crippen MR) is 159 cm³/mol. The first kappa shape index (κ1) is 27.0. The smallest absolute Gasteiger partial charge is 0.270 e. The molecule has 0 aliphatic heterocycles. The number of benzene rings is 2. The molecule has 0 radical (unpaired) electrons. The van der Waals surface area contributed by atoms with Crippen LogP contribution >= 0.6 is 27.3 Å². The van der Waals surface area contributed by atoms with E-state index in [1.807, 2.05) is 30.3 Å². The number of aliphatic imine (C=N–C) groups is 1. The lowest BCUT2D eigenvalue weighted by Crippen LogP contribution is -2.27. The van der Waals surface area contributed by atoms with Crippen molar-refractivity contribution in [1.29, 1.82) is 0 Å². The molecule has 0 fully saturated rings. The molecule has 7 nitrogen and oxygen atoms in total. The fourth-order valence-electron chi connectivity index (χ4n) is 4.86. The van der Waals surface area contributed by atoms with Crippen LogP contribution in [-0.4, -0.2) is 17.0 Å². The van der Waals surface area contributed by atoms with Crippen molar-refractivity contribution < 1.29 is 14.1 Å². The van der Waals surface area contributed by atoms with Crippen LogP contribution in [0.4, 0.5) is 16.4 Å². The Hall–Kier alpha value is -3.56. The molecule has 1 atom stereocenters. The minimum Gasteiger partial charge on any atom is -0.455 e. The minimum atomic E-state index is -0.440. The zero-order chi connectivity index (χ0) is 27.7. The lowest BCUT2D eigenvalue weighted by Gasteiger charge is -2.33. The Morgan fingerprint density at radius 3 is 2.64 bits per heavy atom. The van der Waals surface area contributed by atoms with E-state index in [0.717, 1.165) is 30.5 Å². The van der Waals surface area contributed by atoms with Crippen molar-refractivity contribution >= 4 is 55.8 Å². The highest BCUT2D eigenvalue weighted by Crippen LogP contribution is 2.45. The number of hydrogen-bond donors (Lipinski definition) is 1. The second kappa shape index (κ2) is 10.9. The number of furan rings is 1. The molecule has 0 spiro atoms. The van der Waals surface area contributed by atoms with Crippen LogP contribution in [0.2, 0.25) is 0 Å². The van der Waals surface area contributed by atoms with Crippen molar-refractivity contribution in [3.63, 3.8) is 0 Å². The number of para-hydroxylation sites is 1. The van der Waals surface area contributed by atoms with Gasteiger partial charge in [0.2, 0.25) is 0 Å². The van der Waals surface area contributed by atoms with Crippen LogP contribution in [0.1, 0.15) is 53.8 Å². The average molecular weight is 607 g/mol. The Morgan fingerprint density at radius 2 is 1.95 bits per heavy atom. The number of hydrogen-bond acceptors (Lipinski definition) is 6. The first-order valence-electron chi connectivity index (χ1n) is 12.7. The van der Waals surface area contributed by atoms with Gasteiger partial charge < -0.3 is 9.73 Å². The van der Waals surface area contributed by atoms with Crippen LogP contribution in [0.3, 0.4) is 0 Å². The number of nitro groups is 1. The molecule has 9 heteroatoms. The molecule has 5 rings (SSSR count). The van der Waals surface area contributed by atoms with Gasteiger partial charge in [-0.25, -0.2) is 4.99 Å². The Bertz CT molecular complexity index is 1570. The summed E-state index contributed by atoms with van der Waals surface area (Å²) in [5.74, 6) is 1.45. The molecule has 1 N–H and O–H groups in total. The largest absolute Gasteiger partial charge is 0.455 e. The molecule has 0 saturated heterocycles. The van der Waals surface area contributed by atoms with E-state index in [-0.39, 0.29) is 17.0 Å². The van der Waals surface area contributed by atoms with Crippen molar-refractivity contribution in [3.05, 3.63) is 97.0 Å². The van der Waals surface area contributed by atoms with Gasteiger partial charge in [0.15, 0.2) is 0 Å².